The molecular formula is C18H37NO5Si. The van der Waals surface area contributed by atoms with E-state index >= 15 is 0 Å². The van der Waals surface area contributed by atoms with E-state index in [1.54, 1.807) is 5.06 Å². The molecular weight excluding hydrogens is 338 g/mol. The molecule has 148 valence electrons. The molecule has 3 unspecified atom stereocenters. The van der Waals surface area contributed by atoms with E-state index < -0.39 is 20.0 Å². The summed E-state index contributed by atoms with van der Waals surface area (Å²) in [5.41, 5.74) is -0.887. The number of nitrogens with zero attached hydrogens (tertiary/aromatic N) is 1. The largest absolute Gasteiger partial charge is 0.462 e. The van der Waals surface area contributed by atoms with Crippen LogP contribution in [0.2, 0.25) is 12.6 Å². The predicted octanol–water partition coefficient (Wildman–Crippen LogP) is 3.26. The van der Waals surface area contributed by atoms with Crippen molar-refractivity contribution < 1.29 is 24.3 Å². The van der Waals surface area contributed by atoms with Crippen LogP contribution in [0.15, 0.2) is 0 Å². The SMILES string of the molecule is CC(C)(C)C[Si](C)(ON1CCCC1C(O)CCO)C(=O)OC(C)(C)C. The Bertz CT molecular complexity index is 446. The van der Waals surface area contributed by atoms with Crippen molar-refractivity contribution in [2.45, 2.75) is 91.1 Å². The summed E-state index contributed by atoms with van der Waals surface area (Å²) in [6.45, 7) is 14.4. The van der Waals surface area contributed by atoms with Crippen molar-refractivity contribution in [3.63, 3.8) is 0 Å². The van der Waals surface area contributed by atoms with Gasteiger partial charge in [-0.3, -0.25) is 4.79 Å². The molecule has 0 saturated carbocycles. The van der Waals surface area contributed by atoms with Gasteiger partial charge < -0.3 is 19.5 Å². The highest BCUT2D eigenvalue weighted by atomic mass is 28.4. The summed E-state index contributed by atoms with van der Waals surface area (Å²) in [6, 6.07) is 0.454. The molecule has 0 spiro atoms. The zero-order valence-corrected chi connectivity index (χ0v) is 18.0. The molecule has 1 aliphatic heterocycles. The fourth-order valence-electron chi connectivity index (χ4n) is 3.39. The van der Waals surface area contributed by atoms with Crippen LogP contribution in [0.3, 0.4) is 0 Å². The topological polar surface area (TPSA) is 79.2 Å². The Morgan fingerprint density at radius 1 is 1.28 bits per heavy atom. The van der Waals surface area contributed by atoms with E-state index in [1.807, 2.05) is 27.3 Å². The van der Waals surface area contributed by atoms with Gasteiger partial charge in [0.25, 0.3) is 0 Å². The Hall–Kier alpha value is -0.473. The molecule has 7 heteroatoms. The van der Waals surface area contributed by atoms with Crippen molar-refractivity contribution >= 4 is 13.9 Å². The first kappa shape index (κ1) is 22.6. The van der Waals surface area contributed by atoms with E-state index in [1.165, 1.54) is 0 Å². The molecule has 0 aromatic carbocycles. The first-order valence-corrected chi connectivity index (χ1v) is 11.9. The van der Waals surface area contributed by atoms with Crippen molar-refractivity contribution in [1.29, 1.82) is 0 Å². The van der Waals surface area contributed by atoms with Gasteiger partial charge in [0.05, 0.1) is 12.1 Å². The fourth-order valence-corrected chi connectivity index (χ4v) is 6.96. The van der Waals surface area contributed by atoms with E-state index in [-0.39, 0.29) is 23.7 Å². The standard InChI is InChI=1S/C18H37NO5Si/c1-17(2,3)13-25(7,16(22)23-18(4,5)6)24-19-11-8-9-14(19)15(21)10-12-20/h14-15,20-21H,8-13H2,1-7H3. The van der Waals surface area contributed by atoms with Crippen LogP contribution >= 0.6 is 0 Å². The molecule has 1 rings (SSSR count). The predicted molar refractivity (Wildman–Crippen MR) is 101 cm³/mol. The van der Waals surface area contributed by atoms with Gasteiger partial charge in [0, 0.05) is 13.2 Å². The summed E-state index contributed by atoms with van der Waals surface area (Å²) in [7, 11) is -2.88. The second-order valence-electron chi connectivity index (χ2n) is 9.49. The van der Waals surface area contributed by atoms with Crippen LogP contribution in [0, 0.1) is 5.41 Å². The van der Waals surface area contributed by atoms with Crippen LogP contribution in [-0.4, -0.2) is 60.1 Å². The molecule has 0 aromatic rings. The maximum Gasteiger partial charge on any atom is 0.340 e. The van der Waals surface area contributed by atoms with Crippen molar-refractivity contribution in [2.24, 2.45) is 5.41 Å². The van der Waals surface area contributed by atoms with E-state index in [0.29, 0.717) is 19.0 Å². The molecule has 0 bridgehead atoms. The van der Waals surface area contributed by atoms with Crippen LogP contribution in [0.1, 0.15) is 60.8 Å². The molecule has 0 aromatic heterocycles. The number of aliphatic hydroxyl groups is 2. The van der Waals surface area contributed by atoms with Gasteiger partial charge in [0.15, 0.2) is 0 Å². The first-order valence-electron chi connectivity index (χ1n) is 9.25. The van der Waals surface area contributed by atoms with Gasteiger partial charge in [0.2, 0.25) is 0 Å². The summed E-state index contributed by atoms with van der Waals surface area (Å²) in [6.07, 6.45) is 1.37. The third-order valence-electron chi connectivity index (χ3n) is 4.13. The lowest BCUT2D eigenvalue weighted by molar-refractivity contribution is -0.117. The summed E-state index contributed by atoms with van der Waals surface area (Å²) < 4.78 is 12.0. The zero-order valence-electron chi connectivity index (χ0n) is 17.0. The van der Waals surface area contributed by atoms with E-state index in [0.717, 1.165) is 12.8 Å². The van der Waals surface area contributed by atoms with Crippen LogP contribution < -0.4 is 0 Å². The smallest absolute Gasteiger partial charge is 0.340 e. The zero-order chi connectivity index (χ0) is 19.5. The van der Waals surface area contributed by atoms with Crippen LogP contribution in [0.5, 0.6) is 0 Å². The van der Waals surface area contributed by atoms with Gasteiger partial charge in [-0.05, 0) is 58.0 Å². The van der Waals surface area contributed by atoms with Gasteiger partial charge in [-0.25, -0.2) is 0 Å². The highest BCUT2D eigenvalue weighted by molar-refractivity contribution is 6.99. The number of rotatable bonds is 7. The molecule has 2 N–H and O–H groups in total. The maximum absolute atomic E-state index is 12.9. The Kier molecular flexibility index (Phi) is 7.65. The van der Waals surface area contributed by atoms with E-state index in [9.17, 15) is 9.90 Å². The monoisotopic (exact) mass is 375 g/mol. The second kappa shape index (κ2) is 8.48. The molecule has 1 heterocycles. The van der Waals surface area contributed by atoms with Crippen molar-refractivity contribution in [2.75, 3.05) is 13.2 Å². The lowest BCUT2D eigenvalue weighted by atomic mass is 10.0. The van der Waals surface area contributed by atoms with Gasteiger partial charge in [0.1, 0.15) is 5.60 Å². The molecule has 0 radical (unpaired) electrons. The first-order chi connectivity index (χ1) is 11.3. The highest BCUT2D eigenvalue weighted by Gasteiger charge is 2.49. The Balaban J connectivity index is 2.98. The number of carbonyl (C=O) groups is 1. The highest BCUT2D eigenvalue weighted by Crippen LogP contribution is 2.34. The van der Waals surface area contributed by atoms with E-state index in [2.05, 4.69) is 20.8 Å². The number of ether oxygens (including phenoxy) is 1. The van der Waals surface area contributed by atoms with Crippen molar-refractivity contribution in [3.8, 4) is 0 Å². The quantitative estimate of drug-likeness (QED) is 0.665. The van der Waals surface area contributed by atoms with E-state index in [4.69, 9.17) is 14.4 Å². The molecule has 1 aliphatic rings. The van der Waals surface area contributed by atoms with Gasteiger partial charge in [-0.15, -0.1) is 0 Å². The summed E-state index contributed by atoms with van der Waals surface area (Å²) in [5, 5.41) is 21.2. The minimum absolute atomic E-state index is 0.0612. The molecule has 0 aliphatic carbocycles. The average Bonchev–Trinajstić information content (AvgIpc) is 2.82. The minimum Gasteiger partial charge on any atom is -0.462 e. The van der Waals surface area contributed by atoms with Crippen molar-refractivity contribution in [3.05, 3.63) is 0 Å². The Labute approximate surface area is 153 Å². The van der Waals surface area contributed by atoms with Gasteiger partial charge in [-0.2, -0.15) is 5.06 Å². The lowest BCUT2D eigenvalue weighted by Gasteiger charge is -2.38. The van der Waals surface area contributed by atoms with Crippen LogP contribution in [0.25, 0.3) is 0 Å². The maximum atomic E-state index is 12.9. The third kappa shape index (κ3) is 7.35. The molecule has 0 amide bonds. The van der Waals surface area contributed by atoms with Crippen LogP contribution in [-0.2, 0) is 9.26 Å². The summed E-state index contributed by atoms with van der Waals surface area (Å²) in [4.78, 5) is 12.9. The number of hydrogen-bond donors (Lipinski definition) is 2. The second-order valence-corrected chi connectivity index (χ2v) is 12.9. The normalized spacial score (nSPS) is 23.3. The number of hydrogen-bond acceptors (Lipinski definition) is 6. The molecule has 25 heavy (non-hydrogen) atoms. The van der Waals surface area contributed by atoms with Crippen LogP contribution in [0.4, 0.5) is 4.79 Å². The third-order valence-corrected chi connectivity index (χ3v) is 7.47. The Morgan fingerprint density at radius 3 is 2.36 bits per heavy atom. The van der Waals surface area contributed by atoms with Gasteiger partial charge in [-0.1, -0.05) is 20.8 Å². The molecule has 6 nitrogen and oxygen atoms in total. The Morgan fingerprint density at radius 2 is 1.88 bits per heavy atom. The van der Waals surface area contributed by atoms with Crippen molar-refractivity contribution in [1.82, 2.24) is 5.06 Å². The number of hydroxylamine groups is 2. The minimum atomic E-state index is -2.88. The molecule has 1 saturated heterocycles. The summed E-state index contributed by atoms with van der Waals surface area (Å²) in [5.74, 6) is 0. The van der Waals surface area contributed by atoms with Gasteiger partial charge >= 0.3 is 13.9 Å². The average molecular weight is 376 g/mol. The fraction of sp³-hybridized carbons (Fsp3) is 0.944. The summed E-state index contributed by atoms with van der Waals surface area (Å²) >= 11 is 0. The molecule has 3 atom stereocenters. The number of carbonyl (C=O) groups excluding carboxylic acids is 1. The lowest BCUT2D eigenvalue weighted by Crippen LogP contribution is -2.55. The molecule has 1 fully saturated rings. The number of aliphatic hydroxyl groups excluding tert-OH is 2.